The summed E-state index contributed by atoms with van der Waals surface area (Å²) in [5, 5.41) is 0.949. The summed E-state index contributed by atoms with van der Waals surface area (Å²) in [4.78, 5) is 33.7. The highest BCUT2D eigenvalue weighted by Crippen LogP contribution is 2.46. The van der Waals surface area contributed by atoms with Crippen LogP contribution in [0.25, 0.3) is 22.0 Å². The first-order valence-electron chi connectivity index (χ1n) is 11.6. The average Bonchev–Trinajstić information content (AvgIpc) is 2.86. The van der Waals surface area contributed by atoms with Gasteiger partial charge in [-0.25, -0.2) is 9.18 Å². The molecule has 5 rings (SSSR count). The van der Waals surface area contributed by atoms with Crippen LogP contribution in [0.4, 0.5) is 23.4 Å². The zero-order chi connectivity index (χ0) is 27.4. The molecule has 3 aromatic rings. The molecule has 0 saturated carbocycles. The third-order valence-corrected chi connectivity index (χ3v) is 8.22. The molecule has 3 heterocycles. The van der Waals surface area contributed by atoms with Crippen LogP contribution in [0.2, 0.25) is 10.0 Å². The number of amides is 1. The maximum absolute atomic E-state index is 14.3. The number of piperazine rings is 1. The van der Waals surface area contributed by atoms with Crippen molar-refractivity contribution >= 4 is 57.6 Å². The van der Waals surface area contributed by atoms with E-state index < -0.39 is 23.6 Å². The van der Waals surface area contributed by atoms with Crippen molar-refractivity contribution in [3.63, 3.8) is 0 Å². The van der Waals surface area contributed by atoms with E-state index in [9.17, 15) is 27.2 Å². The van der Waals surface area contributed by atoms with Crippen molar-refractivity contribution in [2.45, 2.75) is 30.6 Å². The van der Waals surface area contributed by atoms with Gasteiger partial charge >= 0.3 is 11.9 Å². The molecule has 1 aromatic heterocycles. The lowest BCUT2D eigenvalue weighted by Gasteiger charge is -2.41. The number of carbonyl (C=O) groups excluding carboxylic acids is 1. The van der Waals surface area contributed by atoms with E-state index in [2.05, 4.69) is 4.98 Å². The van der Waals surface area contributed by atoms with Gasteiger partial charge in [-0.2, -0.15) is 18.2 Å². The number of aromatic nitrogens is 2. The zero-order valence-electron chi connectivity index (χ0n) is 19.9. The van der Waals surface area contributed by atoms with Crippen LogP contribution in [0.3, 0.4) is 0 Å². The van der Waals surface area contributed by atoms with Crippen LogP contribution in [0.1, 0.15) is 6.92 Å². The number of alkyl halides is 3. The number of benzene rings is 2. The summed E-state index contributed by atoms with van der Waals surface area (Å²) >= 11 is 14.1. The molecule has 13 heteroatoms. The van der Waals surface area contributed by atoms with E-state index in [0.29, 0.717) is 51.2 Å². The first kappa shape index (κ1) is 26.8. The molecule has 2 aromatic carbocycles. The summed E-state index contributed by atoms with van der Waals surface area (Å²) < 4.78 is 53.4. The number of nitrogens with zero attached hydrogens (tertiary/aromatic N) is 4. The van der Waals surface area contributed by atoms with Gasteiger partial charge < -0.3 is 9.80 Å². The standard InChI is InChI=1S/C25H20Cl2F4N4O2S/c1-13-12-33(19(36)4-5-25(29,30)31)6-7-34(13)23-15-11-17(27)20(14-2-3-16(26)18(28)10-14)22-21(15)35(8-9-38-22)24(37)32-23/h2-5,10-11,13H,6-9,12H2,1H3/b5-4+/t13-/m0/s1. The monoisotopic (exact) mass is 586 g/mol. The molecule has 1 saturated heterocycles. The fourth-order valence-electron chi connectivity index (χ4n) is 4.83. The van der Waals surface area contributed by atoms with Gasteiger partial charge in [0.2, 0.25) is 5.91 Å². The second-order valence-electron chi connectivity index (χ2n) is 9.01. The molecule has 1 amide bonds. The lowest BCUT2D eigenvalue weighted by Crippen LogP contribution is -2.54. The molecule has 0 radical (unpaired) electrons. The van der Waals surface area contributed by atoms with Crippen molar-refractivity contribution in [1.82, 2.24) is 14.5 Å². The van der Waals surface area contributed by atoms with Crippen molar-refractivity contribution < 1.29 is 22.4 Å². The second kappa shape index (κ2) is 10.1. The molecular formula is C25H20Cl2F4N4O2S. The van der Waals surface area contributed by atoms with Crippen LogP contribution in [-0.4, -0.2) is 58.0 Å². The summed E-state index contributed by atoms with van der Waals surface area (Å²) in [5.41, 5.74) is 1.28. The van der Waals surface area contributed by atoms with Crippen LogP contribution < -0.4 is 10.6 Å². The van der Waals surface area contributed by atoms with Crippen molar-refractivity contribution in [3.05, 3.63) is 62.8 Å². The molecule has 1 fully saturated rings. The Morgan fingerprint density at radius 3 is 2.61 bits per heavy atom. The minimum absolute atomic E-state index is 0.0177. The Balaban J connectivity index is 1.57. The number of allylic oxidation sites excluding steroid dienone is 1. The van der Waals surface area contributed by atoms with Crippen LogP contribution in [-0.2, 0) is 11.3 Å². The Labute approximate surface area is 228 Å². The highest BCUT2D eigenvalue weighted by Gasteiger charge is 2.32. The van der Waals surface area contributed by atoms with Crippen molar-refractivity contribution in [1.29, 1.82) is 0 Å². The van der Waals surface area contributed by atoms with Crippen molar-refractivity contribution in [2.24, 2.45) is 0 Å². The van der Waals surface area contributed by atoms with Crippen molar-refractivity contribution in [2.75, 3.05) is 30.3 Å². The van der Waals surface area contributed by atoms with Gasteiger partial charge in [-0.05, 0) is 30.7 Å². The third kappa shape index (κ3) is 4.99. The number of aryl methyl sites for hydroxylation is 1. The van der Waals surface area contributed by atoms with E-state index >= 15 is 0 Å². The number of rotatable bonds is 3. The van der Waals surface area contributed by atoms with E-state index in [0.717, 1.165) is 4.90 Å². The Morgan fingerprint density at radius 1 is 1.16 bits per heavy atom. The lowest BCUT2D eigenvalue weighted by molar-refractivity contribution is -0.127. The third-order valence-electron chi connectivity index (χ3n) is 6.55. The Kier molecular flexibility index (Phi) is 7.12. The maximum Gasteiger partial charge on any atom is 0.409 e. The summed E-state index contributed by atoms with van der Waals surface area (Å²) in [7, 11) is 0. The molecule has 2 aliphatic rings. The lowest BCUT2D eigenvalue weighted by atomic mass is 10.0. The SMILES string of the molecule is C[C@H]1CN(C(=O)/C=C/C(F)(F)F)CCN1c1nc(=O)n2c3c(c(-c4ccc(Cl)c(F)c4)c(Cl)cc13)SCC2. The van der Waals surface area contributed by atoms with Crippen LogP contribution >= 0.6 is 35.0 Å². The molecule has 0 aliphatic carbocycles. The first-order chi connectivity index (χ1) is 17.9. The summed E-state index contributed by atoms with van der Waals surface area (Å²) in [6, 6.07) is 5.77. The number of hydrogen-bond acceptors (Lipinski definition) is 5. The minimum atomic E-state index is -4.58. The Bertz CT molecular complexity index is 1540. The normalized spacial score (nSPS) is 18.0. The predicted octanol–water partition coefficient (Wildman–Crippen LogP) is 5.77. The van der Waals surface area contributed by atoms with E-state index in [1.54, 1.807) is 23.6 Å². The number of thioether (sulfide) groups is 1. The fourth-order valence-corrected chi connectivity index (χ4v) is 6.53. The van der Waals surface area contributed by atoms with Gasteiger partial charge in [0, 0.05) is 66.0 Å². The maximum atomic E-state index is 14.3. The van der Waals surface area contributed by atoms with Gasteiger partial charge in [0.25, 0.3) is 0 Å². The van der Waals surface area contributed by atoms with E-state index in [-0.39, 0.29) is 36.8 Å². The average molecular weight is 587 g/mol. The highest BCUT2D eigenvalue weighted by atomic mass is 35.5. The molecule has 0 bridgehead atoms. The topological polar surface area (TPSA) is 58.4 Å². The van der Waals surface area contributed by atoms with Crippen LogP contribution in [0, 0.1) is 5.82 Å². The van der Waals surface area contributed by atoms with Gasteiger partial charge in [0.15, 0.2) is 0 Å². The van der Waals surface area contributed by atoms with Gasteiger partial charge in [-0.1, -0.05) is 29.3 Å². The molecule has 0 N–H and O–H groups in total. The molecule has 1 atom stereocenters. The van der Waals surface area contributed by atoms with Gasteiger partial charge in [0.1, 0.15) is 11.6 Å². The fraction of sp³-hybridized carbons (Fsp3) is 0.320. The quantitative estimate of drug-likeness (QED) is 0.288. The smallest absolute Gasteiger partial charge is 0.350 e. The predicted molar refractivity (Wildman–Crippen MR) is 141 cm³/mol. The van der Waals surface area contributed by atoms with Crippen LogP contribution in [0.15, 0.2) is 46.1 Å². The number of hydrogen-bond donors (Lipinski definition) is 0. The Morgan fingerprint density at radius 2 is 1.92 bits per heavy atom. The molecule has 0 spiro atoms. The molecule has 38 heavy (non-hydrogen) atoms. The van der Waals surface area contributed by atoms with Crippen molar-refractivity contribution in [3.8, 4) is 11.1 Å². The summed E-state index contributed by atoms with van der Waals surface area (Å²) in [6.07, 6.45) is -4.13. The number of halogens is 6. The summed E-state index contributed by atoms with van der Waals surface area (Å²) in [6.45, 7) is 2.78. The molecule has 6 nitrogen and oxygen atoms in total. The van der Waals surface area contributed by atoms with Gasteiger partial charge in [-0.3, -0.25) is 9.36 Å². The molecule has 0 unspecified atom stereocenters. The molecular weight excluding hydrogens is 567 g/mol. The zero-order valence-corrected chi connectivity index (χ0v) is 22.2. The van der Waals surface area contributed by atoms with E-state index in [4.69, 9.17) is 23.2 Å². The molecule has 2 aliphatic heterocycles. The first-order valence-corrected chi connectivity index (χ1v) is 13.4. The van der Waals surface area contributed by atoms with E-state index in [1.807, 2.05) is 4.90 Å². The number of anilines is 1. The van der Waals surface area contributed by atoms with E-state index in [1.165, 1.54) is 28.8 Å². The Hall–Kier alpha value is -2.76. The minimum Gasteiger partial charge on any atom is -0.350 e. The largest absolute Gasteiger partial charge is 0.409 e. The number of carbonyl (C=O) groups is 1. The van der Waals surface area contributed by atoms with Gasteiger partial charge in [0.05, 0.1) is 15.6 Å². The second-order valence-corrected chi connectivity index (χ2v) is 10.9. The molecule has 200 valence electrons. The van der Waals surface area contributed by atoms with Crippen LogP contribution in [0.5, 0.6) is 0 Å². The van der Waals surface area contributed by atoms with Gasteiger partial charge in [-0.15, -0.1) is 11.8 Å². The summed E-state index contributed by atoms with van der Waals surface area (Å²) in [5.74, 6) is -0.355. The highest BCUT2D eigenvalue weighted by molar-refractivity contribution is 7.99.